The predicted molar refractivity (Wildman–Crippen MR) is 87.1 cm³/mol. The maximum atomic E-state index is 12.1. The summed E-state index contributed by atoms with van der Waals surface area (Å²) < 4.78 is 5.70. The molecule has 1 aromatic carbocycles. The quantitative estimate of drug-likeness (QED) is 0.877. The van der Waals surface area contributed by atoms with Crippen LogP contribution in [0, 0.1) is 0 Å². The number of amides is 1. The van der Waals surface area contributed by atoms with Crippen molar-refractivity contribution in [2.45, 2.75) is 32.9 Å². The topological polar surface area (TPSA) is 88.5 Å². The number of ether oxygens (including phenoxy) is 1. The second kappa shape index (κ2) is 6.78. The van der Waals surface area contributed by atoms with Crippen molar-refractivity contribution in [2.75, 3.05) is 0 Å². The van der Waals surface area contributed by atoms with Gasteiger partial charge in [0.15, 0.2) is 5.69 Å². The van der Waals surface area contributed by atoms with Crippen LogP contribution in [-0.2, 0) is 6.54 Å². The smallest absolute Gasteiger partial charge is 0.355 e. The van der Waals surface area contributed by atoms with Crippen LogP contribution in [0.1, 0.15) is 46.6 Å². The summed E-state index contributed by atoms with van der Waals surface area (Å²) in [7, 11) is 0. The number of carbonyl (C=O) groups is 2. The van der Waals surface area contributed by atoms with Gasteiger partial charge in [-0.05, 0) is 45.0 Å². The fraction of sp³-hybridized carbons (Fsp3) is 0.312. The highest BCUT2D eigenvalue weighted by Gasteiger charge is 2.13. The van der Waals surface area contributed by atoms with E-state index >= 15 is 0 Å². The van der Waals surface area contributed by atoms with Crippen molar-refractivity contribution >= 4 is 23.2 Å². The fourth-order valence-corrected chi connectivity index (χ4v) is 2.48. The molecule has 0 unspecified atom stereocenters. The van der Waals surface area contributed by atoms with Gasteiger partial charge < -0.3 is 15.2 Å². The van der Waals surface area contributed by atoms with Crippen molar-refractivity contribution < 1.29 is 19.4 Å². The van der Waals surface area contributed by atoms with Gasteiger partial charge in [-0.15, -0.1) is 11.3 Å². The first-order chi connectivity index (χ1) is 10.7. The third-order valence-electron chi connectivity index (χ3n) is 2.71. The van der Waals surface area contributed by atoms with Crippen LogP contribution in [-0.4, -0.2) is 27.6 Å². The molecule has 0 aliphatic carbocycles. The first-order valence-electron chi connectivity index (χ1n) is 6.99. The van der Waals surface area contributed by atoms with Crippen LogP contribution < -0.4 is 10.1 Å². The lowest BCUT2D eigenvalue weighted by Gasteiger charge is -2.21. The molecule has 2 rings (SSSR count). The van der Waals surface area contributed by atoms with Crippen LogP contribution in [0.5, 0.6) is 5.75 Å². The summed E-state index contributed by atoms with van der Waals surface area (Å²) in [6.45, 7) is 6.05. The summed E-state index contributed by atoms with van der Waals surface area (Å²) in [6, 6.07) is 6.85. The van der Waals surface area contributed by atoms with E-state index in [1.165, 1.54) is 16.7 Å². The van der Waals surface area contributed by atoms with Gasteiger partial charge in [0.25, 0.3) is 5.91 Å². The highest BCUT2D eigenvalue weighted by molar-refractivity contribution is 7.09. The first-order valence-corrected chi connectivity index (χ1v) is 7.87. The molecule has 0 saturated heterocycles. The number of carboxylic acids is 1. The van der Waals surface area contributed by atoms with Crippen LogP contribution in [0.4, 0.5) is 0 Å². The molecule has 2 N–H and O–H groups in total. The van der Waals surface area contributed by atoms with E-state index in [1.54, 1.807) is 24.3 Å². The van der Waals surface area contributed by atoms with Gasteiger partial charge in [-0.2, -0.15) is 0 Å². The monoisotopic (exact) mass is 334 g/mol. The Morgan fingerprint density at radius 2 is 1.91 bits per heavy atom. The number of carbonyl (C=O) groups excluding carboxylic acids is 1. The van der Waals surface area contributed by atoms with E-state index in [-0.39, 0.29) is 23.7 Å². The van der Waals surface area contributed by atoms with E-state index in [4.69, 9.17) is 9.84 Å². The van der Waals surface area contributed by atoms with Crippen molar-refractivity contribution in [3.05, 3.63) is 45.9 Å². The number of thiazole rings is 1. The SMILES string of the molecule is CC(C)(C)Oc1ccc(C(=O)NCc2nc(C(=O)O)cs2)cc1. The third-order valence-corrected chi connectivity index (χ3v) is 3.56. The van der Waals surface area contributed by atoms with Crippen molar-refractivity contribution in [2.24, 2.45) is 0 Å². The van der Waals surface area contributed by atoms with Crippen molar-refractivity contribution in [1.29, 1.82) is 0 Å². The molecule has 0 fully saturated rings. The number of aromatic carboxylic acids is 1. The number of nitrogens with zero attached hydrogens (tertiary/aromatic N) is 1. The van der Waals surface area contributed by atoms with Crippen molar-refractivity contribution in [3.8, 4) is 5.75 Å². The highest BCUT2D eigenvalue weighted by Crippen LogP contribution is 2.18. The summed E-state index contributed by atoms with van der Waals surface area (Å²) in [5.41, 5.74) is 0.195. The second-order valence-corrected chi connectivity index (χ2v) is 6.80. The minimum Gasteiger partial charge on any atom is -0.488 e. The molecule has 0 aliphatic heterocycles. The molecule has 2 aromatic rings. The van der Waals surface area contributed by atoms with Gasteiger partial charge in [-0.3, -0.25) is 4.79 Å². The van der Waals surface area contributed by atoms with E-state index in [1.807, 2.05) is 20.8 Å². The van der Waals surface area contributed by atoms with E-state index in [0.29, 0.717) is 16.3 Å². The lowest BCUT2D eigenvalue weighted by Crippen LogP contribution is -2.24. The van der Waals surface area contributed by atoms with E-state index in [9.17, 15) is 9.59 Å². The molecule has 6 nitrogen and oxygen atoms in total. The van der Waals surface area contributed by atoms with E-state index < -0.39 is 5.97 Å². The minimum absolute atomic E-state index is 0.0112. The molecule has 0 aliphatic rings. The number of benzene rings is 1. The maximum Gasteiger partial charge on any atom is 0.355 e. The van der Waals surface area contributed by atoms with Gasteiger partial charge >= 0.3 is 5.97 Å². The van der Waals surface area contributed by atoms with Gasteiger partial charge in [0.2, 0.25) is 0 Å². The molecular weight excluding hydrogens is 316 g/mol. The molecule has 1 aromatic heterocycles. The largest absolute Gasteiger partial charge is 0.488 e. The van der Waals surface area contributed by atoms with Gasteiger partial charge in [0.1, 0.15) is 16.4 Å². The summed E-state index contributed by atoms with van der Waals surface area (Å²) >= 11 is 1.20. The molecule has 0 saturated carbocycles. The molecule has 1 heterocycles. The average Bonchev–Trinajstić information content (AvgIpc) is 2.93. The molecule has 1 amide bonds. The molecule has 23 heavy (non-hydrogen) atoms. The second-order valence-electron chi connectivity index (χ2n) is 5.85. The van der Waals surface area contributed by atoms with Crippen molar-refractivity contribution in [3.63, 3.8) is 0 Å². The van der Waals surface area contributed by atoms with Gasteiger partial charge in [-0.25, -0.2) is 9.78 Å². The fourth-order valence-electron chi connectivity index (χ4n) is 1.78. The Kier molecular flexibility index (Phi) is 5.00. The van der Waals surface area contributed by atoms with E-state index in [0.717, 1.165) is 0 Å². The molecule has 0 radical (unpaired) electrons. The maximum absolute atomic E-state index is 12.1. The van der Waals surface area contributed by atoms with Gasteiger partial charge in [-0.1, -0.05) is 0 Å². The average molecular weight is 334 g/mol. The minimum atomic E-state index is -1.08. The number of carboxylic acid groups (broad SMARTS) is 1. The summed E-state index contributed by atoms with van der Waals surface area (Å²) in [5, 5.41) is 13.5. The Hall–Kier alpha value is -2.41. The van der Waals surface area contributed by atoms with Crippen LogP contribution in [0.3, 0.4) is 0 Å². The van der Waals surface area contributed by atoms with Gasteiger partial charge in [0.05, 0.1) is 6.54 Å². The number of aromatic nitrogens is 1. The van der Waals surface area contributed by atoms with Crippen LogP contribution in [0.2, 0.25) is 0 Å². The van der Waals surface area contributed by atoms with E-state index in [2.05, 4.69) is 10.3 Å². The lowest BCUT2D eigenvalue weighted by atomic mass is 10.1. The number of nitrogens with one attached hydrogen (secondary N) is 1. The number of hydrogen-bond acceptors (Lipinski definition) is 5. The molecule has 0 atom stereocenters. The Morgan fingerprint density at radius 3 is 2.43 bits per heavy atom. The first kappa shape index (κ1) is 17.0. The van der Waals surface area contributed by atoms with Crippen LogP contribution >= 0.6 is 11.3 Å². The molecule has 0 spiro atoms. The Labute approximate surface area is 138 Å². The lowest BCUT2D eigenvalue weighted by molar-refractivity contribution is 0.0691. The van der Waals surface area contributed by atoms with Crippen LogP contribution in [0.25, 0.3) is 0 Å². The summed E-state index contributed by atoms with van der Waals surface area (Å²) in [4.78, 5) is 26.7. The molecule has 122 valence electrons. The Balaban J connectivity index is 1.93. The van der Waals surface area contributed by atoms with Crippen molar-refractivity contribution in [1.82, 2.24) is 10.3 Å². The third kappa shape index (κ3) is 5.07. The van der Waals surface area contributed by atoms with Crippen LogP contribution in [0.15, 0.2) is 29.6 Å². The molecule has 0 bridgehead atoms. The number of rotatable bonds is 5. The van der Waals surface area contributed by atoms with Gasteiger partial charge in [0, 0.05) is 10.9 Å². The summed E-state index contributed by atoms with van der Waals surface area (Å²) in [6.07, 6.45) is 0. The number of hydrogen-bond donors (Lipinski definition) is 2. The zero-order valence-electron chi connectivity index (χ0n) is 13.1. The highest BCUT2D eigenvalue weighted by atomic mass is 32.1. The zero-order valence-corrected chi connectivity index (χ0v) is 13.9. The normalized spacial score (nSPS) is 11.1. The standard InChI is InChI=1S/C16H18N2O4S/c1-16(2,3)22-11-6-4-10(5-7-11)14(19)17-8-13-18-12(9-23-13)15(20)21/h4-7,9H,8H2,1-3H3,(H,17,19)(H,20,21). The summed E-state index contributed by atoms with van der Waals surface area (Å²) in [5.74, 6) is -0.632. The predicted octanol–water partition coefficient (Wildman–Crippen LogP) is 2.95. The molecular formula is C16H18N2O4S. The molecule has 7 heteroatoms. The zero-order chi connectivity index (χ0) is 17.0. The Morgan fingerprint density at radius 1 is 1.26 bits per heavy atom. The Bertz CT molecular complexity index is 702.